The number of rotatable bonds is 3. The molecule has 0 radical (unpaired) electrons. The Morgan fingerprint density at radius 2 is 2.12 bits per heavy atom. The van der Waals surface area contributed by atoms with E-state index in [0.29, 0.717) is 24.4 Å². The fourth-order valence-corrected chi connectivity index (χ4v) is 2.57. The van der Waals surface area contributed by atoms with Crippen LogP contribution in [0, 0.1) is 11.3 Å². The molecule has 2 aromatic heterocycles. The van der Waals surface area contributed by atoms with Crippen LogP contribution >= 0.6 is 0 Å². The van der Waals surface area contributed by atoms with E-state index in [9.17, 15) is 18.0 Å². The number of nitriles is 1. The molecule has 0 saturated carbocycles. The van der Waals surface area contributed by atoms with Crippen LogP contribution in [0.5, 0.6) is 5.88 Å². The summed E-state index contributed by atoms with van der Waals surface area (Å²) in [5.74, 6) is -0.254. The summed E-state index contributed by atoms with van der Waals surface area (Å²) in [6, 6.07) is 8.30. The summed E-state index contributed by atoms with van der Waals surface area (Å²) in [4.78, 5) is 21.2. The van der Waals surface area contributed by atoms with Gasteiger partial charge in [-0.15, -0.1) is 0 Å². The summed E-state index contributed by atoms with van der Waals surface area (Å²) in [7, 11) is 0. The molecule has 0 bridgehead atoms. The van der Waals surface area contributed by atoms with E-state index in [1.54, 1.807) is 12.1 Å². The van der Waals surface area contributed by atoms with E-state index in [2.05, 4.69) is 9.97 Å². The number of alkyl halides is 3. The topological polar surface area (TPSA) is 79.1 Å². The molecule has 134 valence electrons. The molecule has 6 nitrogen and oxygen atoms in total. The van der Waals surface area contributed by atoms with Gasteiger partial charge in [-0.2, -0.15) is 18.4 Å². The van der Waals surface area contributed by atoms with Crippen molar-refractivity contribution in [2.24, 2.45) is 0 Å². The monoisotopic (exact) mass is 362 g/mol. The third-order valence-corrected chi connectivity index (χ3v) is 3.84. The lowest BCUT2D eigenvalue weighted by Crippen LogP contribution is -2.32. The van der Waals surface area contributed by atoms with E-state index in [0.717, 1.165) is 12.1 Å². The molecule has 9 heteroatoms. The SMILES string of the molecule is N#Cc1ccc(OC2CCN(C(=O)c3cccc(C(F)(F)F)n3)C2)nc1. The van der Waals surface area contributed by atoms with Crippen molar-refractivity contribution in [2.75, 3.05) is 13.1 Å². The number of likely N-dealkylation sites (tertiary alicyclic amines) is 1. The largest absolute Gasteiger partial charge is 0.472 e. The van der Waals surface area contributed by atoms with Crippen molar-refractivity contribution in [3.05, 3.63) is 53.5 Å². The Labute approximate surface area is 146 Å². The van der Waals surface area contributed by atoms with Crippen molar-refractivity contribution >= 4 is 5.91 Å². The highest BCUT2D eigenvalue weighted by Gasteiger charge is 2.34. The molecule has 0 aliphatic carbocycles. The Kier molecular flexibility index (Phi) is 4.75. The Bertz CT molecular complexity index is 846. The molecule has 26 heavy (non-hydrogen) atoms. The summed E-state index contributed by atoms with van der Waals surface area (Å²) < 4.78 is 43.9. The van der Waals surface area contributed by atoms with E-state index in [-0.39, 0.29) is 18.3 Å². The van der Waals surface area contributed by atoms with Gasteiger partial charge in [0.05, 0.1) is 12.1 Å². The summed E-state index contributed by atoms with van der Waals surface area (Å²) in [6.45, 7) is 0.566. The van der Waals surface area contributed by atoms with Crippen LogP contribution < -0.4 is 4.74 Å². The molecule has 1 saturated heterocycles. The second kappa shape index (κ2) is 7.00. The van der Waals surface area contributed by atoms with Gasteiger partial charge in [0.1, 0.15) is 23.6 Å². The van der Waals surface area contributed by atoms with Crippen molar-refractivity contribution in [3.8, 4) is 11.9 Å². The van der Waals surface area contributed by atoms with Crippen molar-refractivity contribution in [2.45, 2.75) is 18.7 Å². The van der Waals surface area contributed by atoms with Gasteiger partial charge in [-0.25, -0.2) is 9.97 Å². The standard InChI is InChI=1S/C17H13F3N4O2/c18-17(19,20)14-3-1-2-13(23-14)16(25)24-7-6-12(10-24)26-15-5-4-11(8-21)9-22-15/h1-5,9,12H,6-7,10H2. The van der Waals surface area contributed by atoms with Crippen LogP contribution in [0.4, 0.5) is 13.2 Å². The van der Waals surface area contributed by atoms with E-state index in [1.165, 1.54) is 17.2 Å². The summed E-state index contributed by atoms with van der Waals surface area (Å²) in [6.07, 6.45) is -3.04. The molecule has 3 heterocycles. The first-order valence-electron chi connectivity index (χ1n) is 7.73. The van der Waals surface area contributed by atoms with E-state index >= 15 is 0 Å². The Hall–Kier alpha value is -3.15. The molecule has 1 atom stereocenters. The van der Waals surface area contributed by atoms with Crippen molar-refractivity contribution in [1.29, 1.82) is 5.26 Å². The average Bonchev–Trinajstić information content (AvgIpc) is 3.09. The van der Waals surface area contributed by atoms with Gasteiger partial charge in [0.2, 0.25) is 5.88 Å². The predicted octanol–water partition coefficient (Wildman–Crippen LogP) is 2.66. The van der Waals surface area contributed by atoms with Crippen molar-refractivity contribution in [1.82, 2.24) is 14.9 Å². The van der Waals surface area contributed by atoms with Crippen LogP contribution in [-0.2, 0) is 6.18 Å². The van der Waals surface area contributed by atoms with Crippen LogP contribution in [0.25, 0.3) is 0 Å². The first-order chi connectivity index (χ1) is 12.4. The maximum Gasteiger partial charge on any atom is 0.433 e. The van der Waals surface area contributed by atoms with Crippen LogP contribution in [-0.4, -0.2) is 40.0 Å². The van der Waals surface area contributed by atoms with Crippen LogP contribution in [0.15, 0.2) is 36.5 Å². The minimum absolute atomic E-state index is 0.221. The number of nitrogens with zero attached hydrogens (tertiary/aromatic N) is 4. The highest BCUT2D eigenvalue weighted by atomic mass is 19.4. The van der Waals surface area contributed by atoms with Gasteiger partial charge in [0.25, 0.3) is 5.91 Å². The van der Waals surface area contributed by atoms with E-state index in [1.807, 2.05) is 6.07 Å². The molecule has 3 rings (SSSR count). The molecular formula is C17H13F3N4O2. The van der Waals surface area contributed by atoms with Crippen molar-refractivity contribution < 1.29 is 22.7 Å². The van der Waals surface area contributed by atoms with Gasteiger partial charge in [-0.3, -0.25) is 4.79 Å². The number of hydrogen-bond donors (Lipinski definition) is 0. The second-order valence-corrected chi connectivity index (χ2v) is 5.68. The van der Waals surface area contributed by atoms with Gasteiger partial charge in [-0.1, -0.05) is 6.07 Å². The minimum Gasteiger partial charge on any atom is -0.472 e. The third kappa shape index (κ3) is 3.91. The molecule has 1 aliphatic heterocycles. The number of carbonyl (C=O) groups is 1. The Morgan fingerprint density at radius 1 is 1.31 bits per heavy atom. The summed E-state index contributed by atoms with van der Waals surface area (Å²) in [5.41, 5.74) is -0.953. The van der Waals surface area contributed by atoms with Gasteiger partial charge < -0.3 is 9.64 Å². The molecule has 1 fully saturated rings. The van der Waals surface area contributed by atoms with Crippen LogP contribution in [0.2, 0.25) is 0 Å². The van der Waals surface area contributed by atoms with Gasteiger partial charge in [0, 0.05) is 25.2 Å². The highest BCUT2D eigenvalue weighted by molar-refractivity contribution is 5.92. The number of amides is 1. The maximum absolute atomic E-state index is 12.7. The van der Waals surface area contributed by atoms with Crippen LogP contribution in [0.1, 0.15) is 28.2 Å². The minimum atomic E-state index is -4.60. The van der Waals surface area contributed by atoms with Gasteiger partial charge in [-0.05, 0) is 18.2 Å². The fraction of sp³-hybridized carbons (Fsp3) is 0.294. The molecule has 2 aromatic rings. The Morgan fingerprint density at radius 3 is 2.77 bits per heavy atom. The predicted molar refractivity (Wildman–Crippen MR) is 83.1 cm³/mol. The quantitative estimate of drug-likeness (QED) is 0.839. The Balaban J connectivity index is 1.64. The number of halogens is 3. The molecular weight excluding hydrogens is 349 g/mol. The third-order valence-electron chi connectivity index (χ3n) is 3.84. The summed E-state index contributed by atoms with van der Waals surface area (Å²) >= 11 is 0. The van der Waals surface area contributed by atoms with E-state index < -0.39 is 17.8 Å². The normalized spacial score (nSPS) is 17.0. The number of pyridine rings is 2. The fourth-order valence-electron chi connectivity index (χ4n) is 2.57. The van der Waals surface area contributed by atoms with Gasteiger partial charge >= 0.3 is 6.18 Å². The van der Waals surface area contributed by atoms with Crippen LogP contribution in [0.3, 0.4) is 0 Å². The smallest absolute Gasteiger partial charge is 0.433 e. The first kappa shape index (κ1) is 17.7. The lowest BCUT2D eigenvalue weighted by Gasteiger charge is -2.17. The lowest BCUT2D eigenvalue weighted by molar-refractivity contribution is -0.141. The molecule has 0 aromatic carbocycles. The zero-order valence-corrected chi connectivity index (χ0v) is 13.4. The second-order valence-electron chi connectivity index (χ2n) is 5.68. The maximum atomic E-state index is 12.7. The number of ether oxygens (including phenoxy) is 1. The zero-order valence-electron chi connectivity index (χ0n) is 13.4. The number of hydrogen-bond acceptors (Lipinski definition) is 5. The number of aromatic nitrogens is 2. The average molecular weight is 362 g/mol. The summed E-state index contributed by atoms with van der Waals surface area (Å²) in [5, 5.41) is 8.74. The molecule has 0 spiro atoms. The highest BCUT2D eigenvalue weighted by Crippen LogP contribution is 2.28. The van der Waals surface area contributed by atoms with E-state index in [4.69, 9.17) is 10.00 Å². The van der Waals surface area contributed by atoms with Gasteiger partial charge in [0.15, 0.2) is 0 Å². The number of carbonyl (C=O) groups excluding carboxylic acids is 1. The lowest BCUT2D eigenvalue weighted by atomic mass is 10.2. The van der Waals surface area contributed by atoms with Crippen molar-refractivity contribution in [3.63, 3.8) is 0 Å². The first-order valence-corrected chi connectivity index (χ1v) is 7.73. The molecule has 0 N–H and O–H groups in total. The molecule has 1 unspecified atom stereocenters. The molecule has 1 aliphatic rings. The zero-order chi connectivity index (χ0) is 18.7. The molecule has 1 amide bonds.